The molecule has 0 radical (unpaired) electrons. The molecule has 0 bridgehead atoms. The predicted molar refractivity (Wildman–Crippen MR) is 115 cm³/mol. The van der Waals surface area contributed by atoms with E-state index in [1.165, 1.54) is 11.3 Å². The summed E-state index contributed by atoms with van der Waals surface area (Å²) in [6, 6.07) is 8.21. The first-order valence-electron chi connectivity index (χ1n) is 9.59. The van der Waals surface area contributed by atoms with Crippen LogP contribution in [0.1, 0.15) is 52.0 Å². The van der Waals surface area contributed by atoms with Crippen molar-refractivity contribution in [2.75, 3.05) is 6.61 Å². The molecular formula is C21H27BN2O4S. The van der Waals surface area contributed by atoms with Crippen LogP contribution in [-0.4, -0.2) is 31.0 Å². The van der Waals surface area contributed by atoms with Gasteiger partial charge in [-0.15, -0.1) is 11.3 Å². The zero-order valence-corrected chi connectivity index (χ0v) is 18.6. The Hall–Kier alpha value is -2.08. The molecule has 8 heteroatoms. The van der Waals surface area contributed by atoms with Gasteiger partial charge >= 0.3 is 13.2 Å². The van der Waals surface area contributed by atoms with Crippen molar-refractivity contribution < 1.29 is 18.8 Å². The van der Waals surface area contributed by atoms with Gasteiger partial charge in [-0.3, -0.25) is 0 Å². The molecule has 0 aliphatic carbocycles. The molecule has 3 rings (SSSR count). The van der Waals surface area contributed by atoms with E-state index in [0.29, 0.717) is 18.6 Å². The topological polar surface area (TPSA) is 94.6 Å². The second kappa shape index (κ2) is 7.31. The van der Waals surface area contributed by atoms with Gasteiger partial charge in [0, 0.05) is 33.4 Å². The molecule has 1 saturated heterocycles. The van der Waals surface area contributed by atoms with Crippen molar-refractivity contribution in [2.24, 2.45) is 11.1 Å². The van der Waals surface area contributed by atoms with Crippen molar-refractivity contribution in [3.05, 3.63) is 28.6 Å². The molecule has 1 aromatic heterocycles. The summed E-state index contributed by atoms with van der Waals surface area (Å²) in [5, 5.41) is 10.8. The number of thiophene rings is 1. The van der Waals surface area contributed by atoms with Gasteiger partial charge in [0.1, 0.15) is 11.7 Å². The van der Waals surface area contributed by atoms with Gasteiger partial charge in [-0.25, -0.2) is 4.79 Å². The lowest BCUT2D eigenvalue weighted by Crippen LogP contribution is -2.58. The van der Waals surface area contributed by atoms with Crippen LogP contribution in [0.15, 0.2) is 18.2 Å². The van der Waals surface area contributed by atoms with Gasteiger partial charge in [0.15, 0.2) is 0 Å². The Bertz CT molecular complexity index is 990. The van der Waals surface area contributed by atoms with Crippen molar-refractivity contribution in [3.63, 3.8) is 0 Å². The Morgan fingerprint density at radius 2 is 2.07 bits per heavy atom. The summed E-state index contributed by atoms with van der Waals surface area (Å²) in [6.45, 7) is 12.5. The number of hydrogen-bond acceptors (Lipinski definition) is 6. The van der Waals surface area contributed by atoms with Crippen LogP contribution in [0.25, 0.3) is 10.1 Å². The van der Waals surface area contributed by atoms with Crippen LogP contribution in [0, 0.1) is 16.7 Å². The Balaban J connectivity index is 2.04. The van der Waals surface area contributed by atoms with Crippen molar-refractivity contribution in [3.8, 4) is 6.07 Å². The first-order chi connectivity index (χ1) is 13.4. The molecule has 2 N–H and O–H groups in total. The third kappa shape index (κ3) is 4.13. The normalized spacial score (nSPS) is 18.4. The molecule has 1 fully saturated rings. The van der Waals surface area contributed by atoms with Crippen LogP contribution >= 0.6 is 11.3 Å². The Morgan fingerprint density at radius 1 is 1.38 bits per heavy atom. The Kier molecular flexibility index (Phi) is 5.46. The van der Waals surface area contributed by atoms with Gasteiger partial charge in [-0.2, -0.15) is 5.26 Å². The second-order valence-electron chi connectivity index (χ2n) is 9.24. The lowest BCUT2D eigenvalue weighted by Gasteiger charge is -2.47. The maximum Gasteiger partial charge on any atom is 0.495 e. The lowest BCUT2D eigenvalue weighted by molar-refractivity contribution is -0.0936. The largest absolute Gasteiger partial charge is 0.495 e. The first kappa shape index (κ1) is 21.6. The lowest BCUT2D eigenvalue weighted by atomic mass is 9.68. The number of carbonyl (C=O) groups is 1. The fourth-order valence-corrected chi connectivity index (χ4v) is 4.83. The highest BCUT2D eigenvalue weighted by molar-refractivity contribution is 7.19. The van der Waals surface area contributed by atoms with Gasteiger partial charge in [0.25, 0.3) is 0 Å². The fraction of sp³-hybridized carbons (Fsp3) is 0.524. The minimum atomic E-state index is -0.829. The number of hydrogen-bond donors (Lipinski definition) is 1. The zero-order valence-electron chi connectivity index (χ0n) is 17.8. The van der Waals surface area contributed by atoms with Crippen LogP contribution in [0.4, 0.5) is 4.79 Å². The number of amides is 1. The van der Waals surface area contributed by atoms with E-state index in [2.05, 4.69) is 33.8 Å². The van der Waals surface area contributed by atoms with Gasteiger partial charge in [0.05, 0.1) is 11.2 Å². The highest BCUT2D eigenvalue weighted by Gasteiger charge is 2.47. The number of carbonyl (C=O) groups excluding carboxylic acids is 1. The number of nitriles is 1. The van der Waals surface area contributed by atoms with E-state index in [0.717, 1.165) is 20.4 Å². The quantitative estimate of drug-likeness (QED) is 0.770. The molecule has 29 heavy (non-hydrogen) atoms. The molecule has 0 unspecified atom stereocenters. The number of primary amides is 1. The number of benzene rings is 1. The van der Waals surface area contributed by atoms with Crippen LogP contribution in [0.5, 0.6) is 0 Å². The number of nitrogens with zero attached hydrogens (tertiary/aromatic N) is 1. The van der Waals surface area contributed by atoms with E-state index in [4.69, 9.17) is 19.8 Å². The SMILES string of the molecule is CC(C)(Cc1sc2cccc(B3OCC(C)(C)C(C)(C)O3)c2c1C#N)OC(N)=O. The molecular weight excluding hydrogens is 387 g/mol. The second-order valence-corrected chi connectivity index (χ2v) is 10.4. The molecule has 1 aliphatic heterocycles. The van der Waals surface area contributed by atoms with Crippen LogP contribution in [-0.2, 0) is 20.5 Å². The number of nitrogens with two attached hydrogens (primary N) is 1. The van der Waals surface area contributed by atoms with Crippen LogP contribution in [0.2, 0.25) is 0 Å². The van der Waals surface area contributed by atoms with Gasteiger partial charge in [-0.05, 0) is 39.2 Å². The summed E-state index contributed by atoms with van der Waals surface area (Å²) in [4.78, 5) is 12.1. The summed E-state index contributed by atoms with van der Waals surface area (Å²) in [7, 11) is -0.550. The zero-order chi connectivity index (χ0) is 21.6. The molecule has 6 nitrogen and oxygen atoms in total. The van der Waals surface area contributed by atoms with E-state index in [9.17, 15) is 10.1 Å². The summed E-state index contributed by atoms with van der Waals surface area (Å²) in [5.74, 6) is 0. The highest BCUT2D eigenvalue weighted by Crippen LogP contribution is 2.39. The number of fused-ring (bicyclic) bond motifs is 1. The summed E-state index contributed by atoms with van der Waals surface area (Å²) < 4.78 is 18.6. The minimum Gasteiger partial charge on any atom is -0.443 e. The van der Waals surface area contributed by atoms with E-state index in [1.807, 2.05) is 18.2 Å². The fourth-order valence-electron chi connectivity index (χ4n) is 3.43. The van der Waals surface area contributed by atoms with Crippen molar-refractivity contribution in [1.82, 2.24) is 0 Å². The predicted octanol–water partition coefficient (Wildman–Crippen LogP) is 3.74. The van der Waals surface area contributed by atoms with Crippen molar-refractivity contribution in [2.45, 2.75) is 59.2 Å². The number of rotatable bonds is 4. The van der Waals surface area contributed by atoms with E-state index in [1.54, 1.807) is 13.8 Å². The van der Waals surface area contributed by atoms with Crippen molar-refractivity contribution >= 4 is 40.1 Å². The molecule has 2 aromatic rings. The molecule has 0 spiro atoms. The van der Waals surface area contributed by atoms with Gasteiger partial charge in [0.2, 0.25) is 0 Å². The smallest absolute Gasteiger partial charge is 0.443 e. The average molecular weight is 414 g/mol. The van der Waals surface area contributed by atoms with E-state index >= 15 is 0 Å². The molecule has 2 heterocycles. The maximum atomic E-state index is 11.2. The van der Waals surface area contributed by atoms with Crippen molar-refractivity contribution in [1.29, 1.82) is 5.26 Å². The van der Waals surface area contributed by atoms with Crippen LogP contribution < -0.4 is 11.2 Å². The van der Waals surface area contributed by atoms with E-state index < -0.39 is 18.8 Å². The summed E-state index contributed by atoms with van der Waals surface area (Å²) >= 11 is 1.51. The molecule has 1 amide bonds. The monoisotopic (exact) mass is 414 g/mol. The van der Waals surface area contributed by atoms with Crippen LogP contribution in [0.3, 0.4) is 0 Å². The molecule has 0 atom stereocenters. The maximum absolute atomic E-state index is 11.2. The standard InChI is InChI=1S/C21H27BN2O4S/c1-19(2)12-26-22(28-21(19,5)6)14-8-7-9-15-17(14)13(11-23)16(29-15)10-20(3,4)27-18(24)25/h7-9H,10,12H2,1-6H3,(H2,24,25). The molecule has 1 aliphatic rings. The summed E-state index contributed by atoms with van der Waals surface area (Å²) in [6.07, 6.45) is -0.438. The average Bonchev–Trinajstić information content (AvgIpc) is 2.92. The molecule has 1 aromatic carbocycles. The van der Waals surface area contributed by atoms with Gasteiger partial charge in [-0.1, -0.05) is 26.0 Å². The molecule has 0 saturated carbocycles. The first-order valence-corrected chi connectivity index (χ1v) is 10.4. The Morgan fingerprint density at radius 3 is 2.66 bits per heavy atom. The minimum absolute atomic E-state index is 0.134. The summed E-state index contributed by atoms with van der Waals surface area (Å²) in [5.41, 5.74) is 5.26. The third-order valence-corrected chi connectivity index (χ3v) is 6.93. The van der Waals surface area contributed by atoms with E-state index in [-0.39, 0.29) is 11.0 Å². The number of ether oxygens (including phenoxy) is 1. The highest BCUT2D eigenvalue weighted by atomic mass is 32.1. The molecule has 154 valence electrons. The Labute approximate surface area is 176 Å². The third-order valence-electron chi connectivity index (χ3n) is 5.78. The van der Waals surface area contributed by atoms with Gasteiger partial charge < -0.3 is 19.8 Å².